The highest BCUT2D eigenvalue weighted by Gasteiger charge is 2.27. The van der Waals surface area contributed by atoms with Gasteiger partial charge < -0.3 is 24.4 Å². The number of rotatable bonds is 7. The second-order valence-electron chi connectivity index (χ2n) is 6.80. The van der Waals surface area contributed by atoms with Gasteiger partial charge in [0.15, 0.2) is 0 Å². The van der Waals surface area contributed by atoms with Crippen LogP contribution in [0.25, 0.3) is 0 Å². The van der Waals surface area contributed by atoms with Crippen LogP contribution in [-0.4, -0.2) is 72.6 Å². The van der Waals surface area contributed by atoms with Gasteiger partial charge >= 0.3 is 5.97 Å². The van der Waals surface area contributed by atoms with Crippen LogP contribution in [0.1, 0.15) is 27.1 Å². The van der Waals surface area contributed by atoms with Gasteiger partial charge in [0, 0.05) is 26.2 Å². The van der Waals surface area contributed by atoms with Crippen molar-refractivity contribution in [1.29, 1.82) is 0 Å². The SMILES string of the molecule is COc1ccc(OCCC(=O)N2CCN(C(=O)c3ccccc3C(=O)O)CC2)cc1. The smallest absolute Gasteiger partial charge is 0.336 e. The Bertz CT molecular complexity index is 904. The van der Waals surface area contributed by atoms with E-state index < -0.39 is 5.97 Å². The molecule has 1 N–H and O–H groups in total. The molecule has 1 fully saturated rings. The standard InChI is InChI=1S/C22H24N2O6/c1-29-16-6-8-17(9-7-16)30-15-10-20(25)23-11-13-24(14-12-23)21(26)18-4-2-3-5-19(18)22(27)28/h2-9H,10-15H2,1H3,(H,27,28). The summed E-state index contributed by atoms with van der Waals surface area (Å²) in [7, 11) is 1.59. The van der Waals surface area contributed by atoms with Crippen LogP contribution in [0.5, 0.6) is 11.5 Å². The number of ether oxygens (including phenoxy) is 2. The molecule has 0 aliphatic carbocycles. The number of carbonyl (C=O) groups excluding carboxylic acids is 2. The van der Waals surface area contributed by atoms with Crippen molar-refractivity contribution in [2.24, 2.45) is 0 Å². The van der Waals surface area contributed by atoms with Crippen LogP contribution in [0, 0.1) is 0 Å². The lowest BCUT2D eigenvalue weighted by Crippen LogP contribution is -2.51. The van der Waals surface area contributed by atoms with Crippen molar-refractivity contribution < 1.29 is 29.0 Å². The van der Waals surface area contributed by atoms with Gasteiger partial charge in [-0.2, -0.15) is 0 Å². The largest absolute Gasteiger partial charge is 0.497 e. The fourth-order valence-corrected chi connectivity index (χ4v) is 3.27. The highest BCUT2D eigenvalue weighted by Crippen LogP contribution is 2.18. The minimum absolute atomic E-state index is 0.0170. The summed E-state index contributed by atoms with van der Waals surface area (Å²) in [5.74, 6) is -0.109. The zero-order valence-corrected chi connectivity index (χ0v) is 16.7. The van der Waals surface area contributed by atoms with E-state index in [0.29, 0.717) is 31.9 Å². The molecule has 1 aliphatic rings. The molecular weight excluding hydrogens is 388 g/mol. The number of hydrogen-bond acceptors (Lipinski definition) is 5. The maximum absolute atomic E-state index is 12.7. The Morgan fingerprint density at radius 3 is 2.03 bits per heavy atom. The van der Waals surface area contributed by atoms with Gasteiger partial charge in [0.2, 0.25) is 5.91 Å². The van der Waals surface area contributed by atoms with Crippen molar-refractivity contribution in [2.75, 3.05) is 39.9 Å². The predicted molar refractivity (Wildman–Crippen MR) is 109 cm³/mol. The first-order chi connectivity index (χ1) is 14.5. The van der Waals surface area contributed by atoms with Gasteiger partial charge in [-0.05, 0) is 36.4 Å². The zero-order chi connectivity index (χ0) is 21.5. The highest BCUT2D eigenvalue weighted by molar-refractivity contribution is 6.04. The monoisotopic (exact) mass is 412 g/mol. The van der Waals surface area contributed by atoms with Crippen molar-refractivity contribution in [3.63, 3.8) is 0 Å². The minimum Gasteiger partial charge on any atom is -0.497 e. The van der Waals surface area contributed by atoms with Crippen LogP contribution in [0.2, 0.25) is 0 Å². The molecule has 2 amide bonds. The van der Waals surface area contributed by atoms with Crippen LogP contribution in [0.3, 0.4) is 0 Å². The number of hydrogen-bond donors (Lipinski definition) is 1. The number of amides is 2. The molecule has 0 radical (unpaired) electrons. The van der Waals surface area contributed by atoms with E-state index in [9.17, 15) is 19.5 Å². The molecule has 30 heavy (non-hydrogen) atoms. The maximum Gasteiger partial charge on any atom is 0.336 e. The van der Waals surface area contributed by atoms with Crippen LogP contribution < -0.4 is 9.47 Å². The highest BCUT2D eigenvalue weighted by atomic mass is 16.5. The normalized spacial score (nSPS) is 13.6. The van der Waals surface area contributed by atoms with Gasteiger partial charge in [-0.25, -0.2) is 4.79 Å². The molecule has 2 aromatic carbocycles. The van der Waals surface area contributed by atoms with E-state index in [1.165, 1.54) is 12.1 Å². The number of nitrogens with zero attached hydrogens (tertiary/aromatic N) is 2. The summed E-state index contributed by atoms with van der Waals surface area (Å²) < 4.78 is 10.7. The molecule has 8 nitrogen and oxygen atoms in total. The van der Waals surface area contributed by atoms with Crippen molar-refractivity contribution >= 4 is 17.8 Å². The number of carboxylic acids is 1. The predicted octanol–water partition coefficient (Wildman–Crippen LogP) is 2.15. The van der Waals surface area contributed by atoms with E-state index in [1.807, 2.05) is 0 Å². The Hall–Kier alpha value is -3.55. The molecule has 0 atom stereocenters. The molecule has 8 heteroatoms. The van der Waals surface area contributed by atoms with Gasteiger partial charge in [-0.15, -0.1) is 0 Å². The number of benzene rings is 2. The molecule has 0 saturated carbocycles. The van der Waals surface area contributed by atoms with Gasteiger partial charge in [-0.1, -0.05) is 12.1 Å². The summed E-state index contributed by atoms with van der Waals surface area (Å²) in [6.07, 6.45) is 0.238. The number of carboxylic acid groups (broad SMARTS) is 1. The average Bonchev–Trinajstić information content (AvgIpc) is 2.79. The van der Waals surface area contributed by atoms with Crippen LogP contribution in [0.15, 0.2) is 48.5 Å². The molecule has 3 rings (SSSR count). The van der Waals surface area contributed by atoms with E-state index in [4.69, 9.17) is 9.47 Å². The summed E-state index contributed by atoms with van der Waals surface area (Å²) in [4.78, 5) is 39.8. The first-order valence-electron chi connectivity index (χ1n) is 9.66. The van der Waals surface area contributed by atoms with Crippen molar-refractivity contribution in [3.05, 3.63) is 59.7 Å². The average molecular weight is 412 g/mol. The number of methoxy groups -OCH3 is 1. The lowest BCUT2D eigenvalue weighted by molar-refractivity contribution is -0.133. The van der Waals surface area contributed by atoms with Gasteiger partial charge in [0.1, 0.15) is 11.5 Å². The molecular formula is C22H24N2O6. The van der Waals surface area contributed by atoms with Gasteiger partial charge in [0.25, 0.3) is 5.91 Å². The first kappa shape index (κ1) is 21.2. The van der Waals surface area contributed by atoms with E-state index in [1.54, 1.807) is 53.3 Å². The Morgan fingerprint density at radius 1 is 0.867 bits per heavy atom. The molecule has 158 valence electrons. The maximum atomic E-state index is 12.7. The van der Waals surface area contributed by atoms with Gasteiger partial charge in [-0.3, -0.25) is 9.59 Å². The fourth-order valence-electron chi connectivity index (χ4n) is 3.27. The van der Waals surface area contributed by atoms with E-state index in [0.717, 1.165) is 5.75 Å². The van der Waals surface area contributed by atoms with Crippen molar-refractivity contribution in [1.82, 2.24) is 9.80 Å². The molecule has 1 aliphatic heterocycles. The topological polar surface area (TPSA) is 96.4 Å². The number of carbonyl (C=O) groups is 3. The van der Waals surface area contributed by atoms with E-state index in [-0.39, 0.29) is 36.0 Å². The van der Waals surface area contributed by atoms with Crippen molar-refractivity contribution in [3.8, 4) is 11.5 Å². The van der Waals surface area contributed by atoms with Crippen LogP contribution >= 0.6 is 0 Å². The molecule has 0 unspecified atom stereocenters. The molecule has 2 aromatic rings. The minimum atomic E-state index is -1.13. The molecule has 1 heterocycles. The van der Waals surface area contributed by atoms with E-state index in [2.05, 4.69) is 0 Å². The van der Waals surface area contributed by atoms with Crippen LogP contribution in [0.4, 0.5) is 0 Å². The Kier molecular flexibility index (Phi) is 6.90. The second kappa shape index (κ2) is 9.78. The summed E-state index contributed by atoms with van der Waals surface area (Å²) in [5, 5.41) is 9.28. The Labute approximate surface area is 174 Å². The fraction of sp³-hybridized carbons (Fsp3) is 0.318. The zero-order valence-electron chi connectivity index (χ0n) is 16.7. The Morgan fingerprint density at radius 2 is 1.43 bits per heavy atom. The molecule has 1 saturated heterocycles. The third-order valence-corrected chi connectivity index (χ3v) is 4.95. The molecule has 0 spiro atoms. The van der Waals surface area contributed by atoms with Crippen molar-refractivity contribution in [2.45, 2.75) is 6.42 Å². The first-order valence-corrected chi connectivity index (χ1v) is 9.66. The summed E-state index contributed by atoms with van der Waals surface area (Å²) in [6, 6.07) is 13.3. The number of aromatic carboxylic acids is 1. The molecule has 0 aromatic heterocycles. The van der Waals surface area contributed by atoms with Gasteiger partial charge in [0.05, 0.1) is 31.3 Å². The van der Waals surface area contributed by atoms with E-state index >= 15 is 0 Å². The quantitative estimate of drug-likeness (QED) is 0.749. The second-order valence-corrected chi connectivity index (χ2v) is 6.80. The summed E-state index contributed by atoms with van der Waals surface area (Å²) >= 11 is 0. The third kappa shape index (κ3) is 5.08. The lowest BCUT2D eigenvalue weighted by Gasteiger charge is -2.35. The molecule has 0 bridgehead atoms. The Balaban J connectivity index is 1.47. The summed E-state index contributed by atoms with van der Waals surface area (Å²) in [6.45, 7) is 1.79. The third-order valence-electron chi connectivity index (χ3n) is 4.95. The summed E-state index contributed by atoms with van der Waals surface area (Å²) in [5.41, 5.74) is 0.148. The number of piperazine rings is 1. The van der Waals surface area contributed by atoms with Crippen LogP contribution in [-0.2, 0) is 4.79 Å². The lowest BCUT2D eigenvalue weighted by atomic mass is 10.1.